The highest BCUT2D eigenvalue weighted by molar-refractivity contribution is 7.26. The Balaban J connectivity index is 1.09. The lowest BCUT2D eigenvalue weighted by molar-refractivity contribution is 1.37. The molecule has 2 heterocycles. The molecule has 0 spiro atoms. The van der Waals surface area contributed by atoms with Crippen LogP contribution in [0.2, 0.25) is 0 Å². The summed E-state index contributed by atoms with van der Waals surface area (Å²) in [6.07, 6.45) is 3.86. The number of rotatable bonds is 5. The first kappa shape index (κ1) is 27.3. The Bertz CT molecular complexity index is 2340. The average molecular weight is 594 g/mol. The van der Waals surface area contributed by atoms with Crippen molar-refractivity contribution in [1.82, 2.24) is 4.98 Å². The van der Waals surface area contributed by atoms with E-state index < -0.39 is 0 Å². The van der Waals surface area contributed by atoms with Crippen LogP contribution in [0.15, 0.2) is 152 Å². The van der Waals surface area contributed by atoms with Gasteiger partial charge in [-0.05, 0) is 98.8 Å². The highest BCUT2D eigenvalue weighted by Crippen LogP contribution is 2.40. The van der Waals surface area contributed by atoms with Crippen LogP contribution >= 0.6 is 11.3 Å². The van der Waals surface area contributed by atoms with E-state index in [2.05, 4.69) is 158 Å². The van der Waals surface area contributed by atoms with E-state index in [1.54, 1.807) is 0 Å². The third-order valence-electron chi connectivity index (χ3n) is 8.88. The maximum absolute atomic E-state index is 4.36. The van der Waals surface area contributed by atoms with Gasteiger partial charge in [-0.1, -0.05) is 121 Å². The second kappa shape index (κ2) is 11.3. The molecule has 1 nitrogen and oxygen atoms in total. The van der Waals surface area contributed by atoms with Gasteiger partial charge in [-0.15, -0.1) is 11.3 Å². The molecular formula is C43H31NS. The highest BCUT2D eigenvalue weighted by atomic mass is 32.1. The number of nitrogens with zero attached hydrogens (tertiary/aromatic N) is 1. The first-order valence-corrected chi connectivity index (χ1v) is 16.2. The fourth-order valence-electron chi connectivity index (χ4n) is 6.49. The minimum absolute atomic E-state index is 1.21. The largest absolute Gasteiger partial charge is 0.264 e. The van der Waals surface area contributed by atoms with Crippen LogP contribution < -0.4 is 0 Å². The van der Waals surface area contributed by atoms with Crippen molar-refractivity contribution in [1.29, 1.82) is 0 Å². The molecule has 0 amide bonds. The number of benzene rings is 6. The topological polar surface area (TPSA) is 12.9 Å². The van der Waals surface area contributed by atoms with Gasteiger partial charge in [-0.25, -0.2) is 0 Å². The zero-order valence-corrected chi connectivity index (χ0v) is 26.1. The van der Waals surface area contributed by atoms with E-state index in [0.29, 0.717) is 0 Å². The van der Waals surface area contributed by atoms with Crippen LogP contribution in [0, 0.1) is 13.8 Å². The van der Waals surface area contributed by atoms with E-state index in [1.165, 1.54) is 86.9 Å². The number of aryl methyl sites for hydroxylation is 2. The molecule has 45 heavy (non-hydrogen) atoms. The summed E-state index contributed by atoms with van der Waals surface area (Å²) in [6.45, 7) is 4.39. The van der Waals surface area contributed by atoms with Gasteiger partial charge in [0.1, 0.15) is 0 Å². The summed E-state index contributed by atoms with van der Waals surface area (Å²) < 4.78 is 2.59. The minimum atomic E-state index is 1.21. The van der Waals surface area contributed by atoms with Gasteiger partial charge in [0.15, 0.2) is 0 Å². The number of pyridine rings is 1. The molecule has 0 aliphatic heterocycles. The first-order valence-electron chi connectivity index (χ1n) is 15.4. The van der Waals surface area contributed by atoms with Crippen molar-refractivity contribution < 1.29 is 0 Å². The molecule has 0 aliphatic rings. The zero-order chi connectivity index (χ0) is 30.3. The minimum Gasteiger partial charge on any atom is -0.264 e. The Labute approximate surface area is 268 Å². The van der Waals surface area contributed by atoms with Gasteiger partial charge in [0, 0.05) is 32.6 Å². The average Bonchev–Trinajstić information content (AvgIpc) is 3.48. The molecule has 0 fully saturated rings. The molecule has 0 atom stereocenters. The fourth-order valence-corrected chi connectivity index (χ4v) is 7.69. The molecule has 8 aromatic rings. The summed E-state index contributed by atoms with van der Waals surface area (Å²) in [4.78, 5) is 4.36. The second-order valence-electron chi connectivity index (χ2n) is 11.7. The van der Waals surface area contributed by atoms with Crippen molar-refractivity contribution in [3.8, 4) is 55.6 Å². The Morgan fingerprint density at radius 2 is 1.00 bits per heavy atom. The fraction of sp³-hybridized carbons (Fsp3) is 0.0465. The second-order valence-corrected chi connectivity index (χ2v) is 12.8. The lowest BCUT2D eigenvalue weighted by Gasteiger charge is -2.13. The first-order chi connectivity index (χ1) is 22.1. The van der Waals surface area contributed by atoms with E-state index in [0.717, 1.165) is 0 Å². The molecule has 0 unspecified atom stereocenters. The van der Waals surface area contributed by atoms with E-state index in [-0.39, 0.29) is 0 Å². The number of fused-ring (bicyclic) bond motifs is 3. The third-order valence-corrected chi connectivity index (χ3v) is 10.1. The summed E-state index contributed by atoms with van der Waals surface area (Å²) in [5.74, 6) is 0. The Hall–Kier alpha value is -5.31. The number of hydrogen-bond donors (Lipinski definition) is 0. The standard InChI is InChI=1S/C43H31NS/c1-28-8-3-4-13-37(28)38-21-20-36(24-29(38)2)35-12-6-11-34(26-35)33-10-5-9-32(25-33)30-16-18-31(19-17-30)39-14-7-15-40-41-27-44-23-22-42(41)45-43(39)40/h3-27H,1-2H3. The number of aromatic nitrogens is 1. The number of hydrogen-bond acceptors (Lipinski definition) is 2. The van der Waals surface area contributed by atoms with Crippen LogP contribution in [0.4, 0.5) is 0 Å². The van der Waals surface area contributed by atoms with Gasteiger partial charge < -0.3 is 0 Å². The lowest BCUT2D eigenvalue weighted by Crippen LogP contribution is -1.89. The van der Waals surface area contributed by atoms with E-state index in [1.807, 2.05) is 23.7 Å². The lowest BCUT2D eigenvalue weighted by atomic mass is 9.92. The smallest absolute Gasteiger partial charge is 0.0434 e. The molecule has 8 rings (SSSR count). The molecule has 2 aromatic heterocycles. The van der Waals surface area contributed by atoms with Crippen molar-refractivity contribution in [2.75, 3.05) is 0 Å². The molecule has 0 aliphatic carbocycles. The summed E-state index contributed by atoms with van der Waals surface area (Å²) >= 11 is 1.84. The van der Waals surface area contributed by atoms with Crippen molar-refractivity contribution in [2.45, 2.75) is 13.8 Å². The van der Waals surface area contributed by atoms with E-state index in [4.69, 9.17) is 0 Å². The predicted octanol–water partition coefficient (Wildman–Crippen LogP) is 12.4. The van der Waals surface area contributed by atoms with Gasteiger partial charge in [0.05, 0.1) is 0 Å². The maximum Gasteiger partial charge on any atom is 0.0434 e. The molecule has 0 radical (unpaired) electrons. The summed E-state index contributed by atoms with van der Waals surface area (Å²) in [6, 6.07) is 50.9. The van der Waals surface area contributed by atoms with Crippen LogP contribution in [0.25, 0.3) is 75.8 Å². The molecule has 0 saturated heterocycles. The zero-order valence-electron chi connectivity index (χ0n) is 25.3. The third kappa shape index (κ3) is 5.04. The summed E-state index contributed by atoms with van der Waals surface area (Å²) in [5.41, 5.74) is 15.0. The number of thiophene rings is 1. The van der Waals surface area contributed by atoms with Crippen LogP contribution in [0.3, 0.4) is 0 Å². The molecule has 0 bridgehead atoms. The monoisotopic (exact) mass is 593 g/mol. The quantitative estimate of drug-likeness (QED) is 0.193. The predicted molar refractivity (Wildman–Crippen MR) is 194 cm³/mol. The molecular weight excluding hydrogens is 563 g/mol. The molecule has 0 saturated carbocycles. The van der Waals surface area contributed by atoms with Crippen molar-refractivity contribution in [3.05, 3.63) is 163 Å². The SMILES string of the molecule is Cc1ccccc1-c1ccc(-c2cccc(-c3cccc(-c4ccc(-c5cccc6c5sc5ccncc56)cc4)c3)c2)cc1C. The van der Waals surface area contributed by atoms with E-state index >= 15 is 0 Å². The molecule has 6 aromatic carbocycles. The highest BCUT2D eigenvalue weighted by Gasteiger charge is 2.12. The van der Waals surface area contributed by atoms with Crippen molar-refractivity contribution >= 4 is 31.5 Å². The molecule has 2 heteroatoms. The molecule has 0 N–H and O–H groups in total. The van der Waals surface area contributed by atoms with Gasteiger partial charge >= 0.3 is 0 Å². The Kier molecular flexibility index (Phi) is 6.85. The van der Waals surface area contributed by atoms with Crippen LogP contribution in [-0.4, -0.2) is 4.98 Å². The maximum atomic E-state index is 4.36. The van der Waals surface area contributed by atoms with Crippen LogP contribution in [0.1, 0.15) is 11.1 Å². The van der Waals surface area contributed by atoms with Crippen LogP contribution in [-0.2, 0) is 0 Å². The van der Waals surface area contributed by atoms with Gasteiger partial charge in [0.25, 0.3) is 0 Å². The van der Waals surface area contributed by atoms with Gasteiger partial charge in [0.2, 0.25) is 0 Å². The summed E-state index contributed by atoms with van der Waals surface area (Å²) in [5, 5.41) is 2.50. The van der Waals surface area contributed by atoms with Crippen molar-refractivity contribution in [3.63, 3.8) is 0 Å². The Morgan fingerprint density at radius 3 is 1.71 bits per heavy atom. The summed E-state index contributed by atoms with van der Waals surface area (Å²) in [7, 11) is 0. The van der Waals surface area contributed by atoms with Crippen LogP contribution in [0.5, 0.6) is 0 Å². The van der Waals surface area contributed by atoms with Crippen molar-refractivity contribution in [2.24, 2.45) is 0 Å². The van der Waals surface area contributed by atoms with Gasteiger partial charge in [-0.3, -0.25) is 4.98 Å². The normalized spacial score (nSPS) is 11.3. The van der Waals surface area contributed by atoms with Gasteiger partial charge in [-0.2, -0.15) is 0 Å². The molecule has 214 valence electrons. The Morgan fingerprint density at radius 1 is 0.422 bits per heavy atom. The van der Waals surface area contributed by atoms with E-state index in [9.17, 15) is 0 Å².